The molecule has 0 aromatic heterocycles. The Bertz CT molecular complexity index is 157. The van der Waals surface area contributed by atoms with Crippen LogP contribution in [0.4, 0.5) is 0 Å². The van der Waals surface area contributed by atoms with E-state index in [1.165, 1.54) is 19.3 Å². The Balaban J connectivity index is 2.49. The monoisotopic (exact) mass is 153 g/mol. The van der Waals surface area contributed by atoms with Crippen molar-refractivity contribution in [3.05, 3.63) is 11.8 Å². The normalized spacial score (nSPS) is 20.1. The molecule has 1 saturated heterocycles. The van der Waals surface area contributed by atoms with Crippen LogP contribution in [0.3, 0.4) is 0 Å². The van der Waals surface area contributed by atoms with Gasteiger partial charge in [0, 0.05) is 13.1 Å². The van der Waals surface area contributed by atoms with Gasteiger partial charge in [-0.1, -0.05) is 6.08 Å². The Morgan fingerprint density at radius 3 is 2.36 bits per heavy atom. The van der Waals surface area contributed by atoms with E-state index in [0.29, 0.717) is 0 Å². The van der Waals surface area contributed by atoms with Gasteiger partial charge in [0.25, 0.3) is 0 Å². The maximum absolute atomic E-state index is 10.5. The van der Waals surface area contributed by atoms with Gasteiger partial charge in [0.2, 0.25) is 0 Å². The van der Waals surface area contributed by atoms with Gasteiger partial charge in [0.05, 0.1) is 5.70 Å². The van der Waals surface area contributed by atoms with E-state index >= 15 is 0 Å². The summed E-state index contributed by atoms with van der Waals surface area (Å²) in [5.74, 6) is 0. The first-order chi connectivity index (χ1) is 5.38. The molecule has 2 heteroatoms. The first kappa shape index (κ1) is 8.31. The third-order valence-electron chi connectivity index (χ3n) is 2.14. The van der Waals surface area contributed by atoms with Gasteiger partial charge >= 0.3 is 0 Å². The zero-order chi connectivity index (χ0) is 8.10. The van der Waals surface area contributed by atoms with Crippen LogP contribution in [0.25, 0.3) is 0 Å². The Morgan fingerprint density at radius 1 is 1.27 bits per heavy atom. The average molecular weight is 153 g/mol. The van der Waals surface area contributed by atoms with Gasteiger partial charge in [0.1, 0.15) is 0 Å². The van der Waals surface area contributed by atoms with E-state index in [2.05, 4.69) is 4.90 Å². The standard InChI is InChI=1S/C9H15NO/c1-2-9(8-11)10-6-4-3-5-7-10/h2,8H,3-7H2,1H3. The van der Waals surface area contributed by atoms with Crippen LogP contribution in [0.1, 0.15) is 26.2 Å². The second-order valence-electron chi connectivity index (χ2n) is 2.88. The van der Waals surface area contributed by atoms with Crippen LogP contribution in [-0.4, -0.2) is 24.3 Å². The average Bonchev–Trinajstić information content (AvgIpc) is 2.09. The van der Waals surface area contributed by atoms with Gasteiger partial charge in [-0.25, -0.2) is 0 Å². The molecule has 0 amide bonds. The van der Waals surface area contributed by atoms with Crippen molar-refractivity contribution in [1.29, 1.82) is 0 Å². The SMILES string of the molecule is CC=C(C=O)N1CCCCC1. The Labute approximate surface area is 67.9 Å². The van der Waals surface area contributed by atoms with E-state index < -0.39 is 0 Å². The molecule has 0 N–H and O–H groups in total. The summed E-state index contributed by atoms with van der Waals surface area (Å²) >= 11 is 0. The van der Waals surface area contributed by atoms with Gasteiger partial charge in [0.15, 0.2) is 6.29 Å². The van der Waals surface area contributed by atoms with E-state index in [1.807, 2.05) is 13.0 Å². The van der Waals surface area contributed by atoms with Crippen LogP contribution in [-0.2, 0) is 4.79 Å². The van der Waals surface area contributed by atoms with Crippen LogP contribution in [0.2, 0.25) is 0 Å². The molecule has 1 heterocycles. The molecule has 1 fully saturated rings. The predicted octanol–water partition coefficient (Wildman–Crippen LogP) is 1.58. The zero-order valence-electron chi connectivity index (χ0n) is 7.05. The second-order valence-corrected chi connectivity index (χ2v) is 2.88. The topological polar surface area (TPSA) is 20.3 Å². The molecule has 0 spiro atoms. The molecular weight excluding hydrogens is 138 g/mol. The fraction of sp³-hybridized carbons (Fsp3) is 0.667. The number of carbonyl (C=O) groups is 1. The molecule has 0 bridgehead atoms. The summed E-state index contributed by atoms with van der Waals surface area (Å²) in [6.45, 7) is 4.02. The van der Waals surface area contributed by atoms with Crippen molar-refractivity contribution in [2.24, 2.45) is 0 Å². The van der Waals surface area contributed by atoms with Crippen LogP contribution < -0.4 is 0 Å². The van der Waals surface area contributed by atoms with Gasteiger partial charge < -0.3 is 4.90 Å². The summed E-state index contributed by atoms with van der Waals surface area (Å²) < 4.78 is 0. The minimum Gasteiger partial charge on any atom is -0.369 e. The van der Waals surface area contributed by atoms with E-state index in [-0.39, 0.29) is 0 Å². The fourth-order valence-electron chi connectivity index (χ4n) is 1.48. The van der Waals surface area contributed by atoms with Crippen LogP contribution >= 0.6 is 0 Å². The van der Waals surface area contributed by atoms with E-state index in [1.54, 1.807) is 0 Å². The maximum atomic E-state index is 10.5. The highest BCUT2D eigenvalue weighted by atomic mass is 16.1. The van der Waals surface area contributed by atoms with Gasteiger partial charge in [-0.2, -0.15) is 0 Å². The van der Waals surface area contributed by atoms with Crippen molar-refractivity contribution in [3.63, 3.8) is 0 Å². The van der Waals surface area contributed by atoms with Crippen molar-refractivity contribution in [2.45, 2.75) is 26.2 Å². The summed E-state index contributed by atoms with van der Waals surface area (Å²) in [5.41, 5.74) is 0.852. The minimum atomic E-state index is 0.852. The van der Waals surface area contributed by atoms with Crippen LogP contribution in [0.15, 0.2) is 11.8 Å². The number of hydrogen-bond donors (Lipinski definition) is 0. The Kier molecular flexibility index (Phi) is 3.14. The smallest absolute Gasteiger partial charge is 0.165 e. The quantitative estimate of drug-likeness (QED) is 0.443. The molecule has 62 valence electrons. The molecule has 0 saturated carbocycles. The summed E-state index contributed by atoms with van der Waals surface area (Å²) in [6.07, 6.45) is 6.60. The molecule has 0 radical (unpaired) electrons. The molecular formula is C9H15NO. The number of piperidine rings is 1. The molecule has 0 atom stereocenters. The largest absolute Gasteiger partial charge is 0.369 e. The highest BCUT2D eigenvalue weighted by molar-refractivity contribution is 5.72. The molecule has 1 aliphatic rings. The van der Waals surface area contributed by atoms with Gasteiger partial charge in [-0.05, 0) is 26.2 Å². The van der Waals surface area contributed by atoms with Gasteiger partial charge in [-0.3, -0.25) is 4.79 Å². The van der Waals surface area contributed by atoms with Crippen LogP contribution in [0, 0.1) is 0 Å². The van der Waals surface area contributed by atoms with E-state index in [4.69, 9.17) is 0 Å². The molecule has 0 aromatic carbocycles. The number of nitrogens with zero attached hydrogens (tertiary/aromatic N) is 1. The zero-order valence-corrected chi connectivity index (χ0v) is 7.05. The van der Waals surface area contributed by atoms with Crippen molar-refractivity contribution >= 4 is 6.29 Å². The highest BCUT2D eigenvalue weighted by Gasteiger charge is 2.10. The fourth-order valence-corrected chi connectivity index (χ4v) is 1.48. The number of rotatable bonds is 2. The lowest BCUT2D eigenvalue weighted by Crippen LogP contribution is -2.29. The number of carbonyl (C=O) groups excluding carboxylic acids is 1. The van der Waals surface area contributed by atoms with Crippen LogP contribution in [0.5, 0.6) is 0 Å². The number of hydrogen-bond acceptors (Lipinski definition) is 2. The van der Waals surface area contributed by atoms with Crippen molar-refractivity contribution in [1.82, 2.24) is 4.90 Å². The second kappa shape index (κ2) is 4.16. The van der Waals surface area contributed by atoms with Crippen molar-refractivity contribution in [3.8, 4) is 0 Å². The molecule has 1 rings (SSSR count). The number of allylic oxidation sites excluding steroid dienone is 2. The summed E-state index contributed by atoms with van der Waals surface area (Å²) in [6, 6.07) is 0. The molecule has 0 unspecified atom stereocenters. The lowest BCUT2D eigenvalue weighted by molar-refractivity contribution is -0.106. The maximum Gasteiger partial charge on any atom is 0.165 e. The third-order valence-corrected chi connectivity index (χ3v) is 2.14. The first-order valence-corrected chi connectivity index (χ1v) is 4.25. The van der Waals surface area contributed by atoms with Crippen molar-refractivity contribution < 1.29 is 4.79 Å². The minimum absolute atomic E-state index is 0.852. The molecule has 0 aromatic rings. The first-order valence-electron chi connectivity index (χ1n) is 4.25. The molecule has 2 nitrogen and oxygen atoms in total. The molecule has 11 heavy (non-hydrogen) atoms. The lowest BCUT2D eigenvalue weighted by Gasteiger charge is -2.28. The molecule has 0 aliphatic carbocycles. The van der Waals surface area contributed by atoms with E-state index in [0.717, 1.165) is 25.1 Å². The number of aldehydes is 1. The Morgan fingerprint density at radius 2 is 1.91 bits per heavy atom. The highest BCUT2D eigenvalue weighted by Crippen LogP contribution is 2.12. The number of likely N-dealkylation sites (tertiary alicyclic amines) is 1. The summed E-state index contributed by atoms with van der Waals surface area (Å²) in [4.78, 5) is 12.7. The van der Waals surface area contributed by atoms with Crippen molar-refractivity contribution in [2.75, 3.05) is 13.1 Å². The lowest BCUT2D eigenvalue weighted by atomic mass is 10.1. The Hall–Kier alpha value is -0.790. The van der Waals surface area contributed by atoms with Gasteiger partial charge in [-0.15, -0.1) is 0 Å². The third kappa shape index (κ3) is 2.07. The van der Waals surface area contributed by atoms with E-state index in [9.17, 15) is 4.79 Å². The summed E-state index contributed by atoms with van der Waals surface area (Å²) in [5, 5.41) is 0. The predicted molar refractivity (Wildman–Crippen MR) is 45.2 cm³/mol. The molecule has 1 aliphatic heterocycles. The summed E-state index contributed by atoms with van der Waals surface area (Å²) in [7, 11) is 0.